The van der Waals surface area contributed by atoms with Gasteiger partial charge in [0.15, 0.2) is 10.7 Å². The number of methoxy groups -OCH3 is 1. The van der Waals surface area contributed by atoms with Crippen LogP contribution in [0.2, 0.25) is 0 Å². The Hall–Kier alpha value is -2.61. The highest BCUT2D eigenvalue weighted by molar-refractivity contribution is 7.17. The molecule has 0 spiro atoms. The van der Waals surface area contributed by atoms with Crippen molar-refractivity contribution in [3.05, 3.63) is 34.7 Å². The molecular weight excluding hydrogens is 306 g/mol. The van der Waals surface area contributed by atoms with Gasteiger partial charge in [0.05, 0.1) is 24.6 Å². The third-order valence-electron chi connectivity index (χ3n) is 3.11. The minimum atomic E-state index is -0.452. The Labute approximate surface area is 129 Å². The number of fused-ring (bicyclic) bond motifs is 1. The summed E-state index contributed by atoms with van der Waals surface area (Å²) in [7, 11) is 1.31. The summed E-state index contributed by atoms with van der Waals surface area (Å²) in [4.78, 5) is 31.5. The van der Waals surface area contributed by atoms with Crippen molar-refractivity contribution in [1.82, 2.24) is 9.97 Å². The van der Waals surface area contributed by atoms with Gasteiger partial charge in [0.1, 0.15) is 10.6 Å². The number of nitrogens with one attached hydrogen (secondary N) is 2. The zero-order valence-electron chi connectivity index (χ0n) is 11.9. The van der Waals surface area contributed by atoms with E-state index < -0.39 is 5.97 Å². The van der Waals surface area contributed by atoms with E-state index in [0.717, 1.165) is 16.9 Å². The van der Waals surface area contributed by atoms with Crippen LogP contribution in [0.3, 0.4) is 0 Å². The van der Waals surface area contributed by atoms with E-state index in [0.29, 0.717) is 33.4 Å². The zero-order valence-corrected chi connectivity index (χ0v) is 12.7. The third-order valence-corrected chi connectivity index (χ3v) is 4.10. The van der Waals surface area contributed by atoms with E-state index in [-0.39, 0.29) is 5.91 Å². The van der Waals surface area contributed by atoms with E-state index in [1.165, 1.54) is 7.11 Å². The fraction of sp³-hybridized carbons (Fsp3) is 0.214. The van der Waals surface area contributed by atoms with Crippen molar-refractivity contribution in [1.29, 1.82) is 0 Å². The lowest BCUT2D eigenvalue weighted by Gasteiger charge is -1.97. The summed E-state index contributed by atoms with van der Waals surface area (Å²) in [6.07, 6.45) is 2.12. The molecule has 114 valence electrons. The molecule has 0 bridgehead atoms. The van der Waals surface area contributed by atoms with E-state index >= 15 is 0 Å². The predicted octanol–water partition coefficient (Wildman–Crippen LogP) is 2.82. The van der Waals surface area contributed by atoms with Crippen LogP contribution in [-0.2, 0) is 11.2 Å². The molecule has 0 radical (unpaired) electrons. The lowest BCUT2D eigenvalue weighted by atomic mass is 10.3. The second-order valence-electron chi connectivity index (χ2n) is 4.48. The van der Waals surface area contributed by atoms with Crippen LogP contribution in [0.5, 0.6) is 0 Å². The summed E-state index contributed by atoms with van der Waals surface area (Å²) in [5, 5.41) is 3.03. The first-order valence-electron chi connectivity index (χ1n) is 6.58. The third kappa shape index (κ3) is 2.48. The number of carbonyl (C=O) groups is 2. The van der Waals surface area contributed by atoms with E-state index in [9.17, 15) is 9.59 Å². The molecule has 0 saturated heterocycles. The van der Waals surface area contributed by atoms with E-state index in [1.54, 1.807) is 18.4 Å². The molecule has 8 heteroatoms. The Kier molecular flexibility index (Phi) is 3.68. The number of thiazole rings is 1. The fourth-order valence-electron chi connectivity index (χ4n) is 2.03. The number of hydrogen-bond acceptors (Lipinski definition) is 6. The summed E-state index contributed by atoms with van der Waals surface area (Å²) in [5.74, 6) is -0.800. The van der Waals surface area contributed by atoms with Crippen molar-refractivity contribution < 1.29 is 18.7 Å². The highest BCUT2D eigenvalue weighted by atomic mass is 32.1. The summed E-state index contributed by atoms with van der Waals surface area (Å²) in [5.41, 5.74) is 2.32. The maximum Gasteiger partial charge on any atom is 0.350 e. The van der Waals surface area contributed by atoms with Gasteiger partial charge in [0, 0.05) is 12.1 Å². The van der Waals surface area contributed by atoms with E-state index in [1.807, 2.05) is 6.92 Å². The first kappa shape index (κ1) is 14.3. The molecule has 0 fully saturated rings. The van der Waals surface area contributed by atoms with Crippen LogP contribution in [-0.4, -0.2) is 29.0 Å². The van der Waals surface area contributed by atoms with Gasteiger partial charge in [-0.2, -0.15) is 0 Å². The predicted molar refractivity (Wildman–Crippen MR) is 81.3 cm³/mol. The number of anilines is 1. The van der Waals surface area contributed by atoms with Crippen LogP contribution in [0.15, 0.2) is 22.8 Å². The number of carbonyl (C=O) groups excluding carboxylic acids is 2. The van der Waals surface area contributed by atoms with Crippen LogP contribution in [0.25, 0.3) is 11.1 Å². The highest BCUT2D eigenvalue weighted by Crippen LogP contribution is 2.25. The van der Waals surface area contributed by atoms with Crippen LogP contribution in [0, 0.1) is 0 Å². The van der Waals surface area contributed by atoms with Gasteiger partial charge in [-0.15, -0.1) is 0 Å². The minimum Gasteiger partial charge on any atom is -0.465 e. The second kappa shape index (κ2) is 5.64. The van der Waals surface area contributed by atoms with Crippen molar-refractivity contribution in [2.75, 3.05) is 12.4 Å². The average Bonchev–Trinajstić information content (AvgIpc) is 3.19. The lowest BCUT2D eigenvalue weighted by Crippen LogP contribution is -2.12. The zero-order chi connectivity index (χ0) is 15.7. The summed E-state index contributed by atoms with van der Waals surface area (Å²) in [6, 6.07) is 3.35. The quantitative estimate of drug-likeness (QED) is 0.721. The van der Waals surface area contributed by atoms with E-state index in [4.69, 9.17) is 9.15 Å². The largest absolute Gasteiger partial charge is 0.465 e. The van der Waals surface area contributed by atoms with Gasteiger partial charge >= 0.3 is 5.97 Å². The molecule has 3 aromatic heterocycles. The number of aryl methyl sites for hydroxylation is 1. The molecule has 2 N–H and O–H groups in total. The smallest absolute Gasteiger partial charge is 0.350 e. The number of hydrogen-bond donors (Lipinski definition) is 2. The first-order chi connectivity index (χ1) is 10.6. The number of H-pyrrole nitrogens is 1. The number of furan rings is 1. The monoisotopic (exact) mass is 319 g/mol. The van der Waals surface area contributed by atoms with Crippen molar-refractivity contribution in [3.8, 4) is 0 Å². The molecule has 7 nitrogen and oxygen atoms in total. The normalized spacial score (nSPS) is 10.8. The minimum absolute atomic E-state index is 0.348. The molecule has 22 heavy (non-hydrogen) atoms. The maximum atomic E-state index is 12.2. The van der Waals surface area contributed by atoms with Gasteiger partial charge in [0.25, 0.3) is 5.91 Å². The Morgan fingerprint density at radius 2 is 2.32 bits per heavy atom. The highest BCUT2D eigenvalue weighted by Gasteiger charge is 2.19. The standard InChI is InChI=1S/C14H13N3O4S/c1-3-7-11(13(19)20-2)22-14(16-7)17-12(18)9-6-10-8(15-9)4-5-21-10/h4-6,15H,3H2,1-2H3,(H,16,17,18). The average molecular weight is 319 g/mol. The Balaban J connectivity index is 1.83. The number of aromatic amines is 1. The van der Waals surface area contributed by atoms with Crippen molar-refractivity contribution in [2.45, 2.75) is 13.3 Å². The number of ether oxygens (including phenoxy) is 1. The molecule has 0 aliphatic heterocycles. The second-order valence-corrected chi connectivity index (χ2v) is 5.47. The van der Waals surface area contributed by atoms with Crippen molar-refractivity contribution in [2.24, 2.45) is 0 Å². The molecule has 0 unspecified atom stereocenters. The molecule has 0 aromatic carbocycles. The Morgan fingerprint density at radius 1 is 1.50 bits per heavy atom. The number of nitrogens with zero attached hydrogens (tertiary/aromatic N) is 1. The Bertz CT molecular complexity index is 817. The summed E-state index contributed by atoms with van der Waals surface area (Å²) in [6.45, 7) is 1.88. The van der Waals surface area contributed by atoms with Crippen molar-refractivity contribution >= 4 is 39.4 Å². The number of esters is 1. The number of rotatable bonds is 4. The van der Waals surface area contributed by atoms with Crippen molar-refractivity contribution in [3.63, 3.8) is 0 Å². The molecule has 0 saturated carbocycles. The molecule has 3 aromatic rings. The van der Waals surface area contributed by atoms with E-state index in [2.05, 4.69) is 15.3 Å². The van der Waals surface area contributed by atoms with Gasteiger partial charge < -0.3 is 14.1 Å². The molecule has 0 aliphatic rings. The molecular formula is C14H13N3O4S. The molecule has 3 heterocycles. The van der Waals surface area contributed by atoms with Gasteiger partial charge in [-0.05, 0) is 6.42 Å². The summed E-state index contributed by atoms with van der Waals surface area (Å²) >= 11 is 1.09. The molecule has 3 rings (SSSR count). The van der Waals surface area contributed by atoms with Gasteiger partial charge in [-0.1, -0.05) is 18.3 Å². The number of amides is 1. The fourth-order valence-corrected chi connectivity index (χ4v) is 3.00. The SMILES string of the molecule is CCc1nc(NC(=O)c2cc3occc3[nH]2)sc1C(=O)OC. The van der Waals surface area contributed by atoms with Gasteiger partial charge in [-0.25, -0.2) is 9.78 Å². The van der Waals surface area contributed by atoms with Gasteiger partial charge in [0.2, 0.25) is 0 Å². The van der Waals surface area contributed by atoms with Crippen LogP contribution in [0.1, 0.15) is 32.8 Å². The lowest BCUT2D eigenvalue weighted by molar-refractivity contribution is 0.0604. The van der Waals surface area contributed by atoms with Gasteiger partial charge in [-0.3, -0.25) is 10.1 Å². The van der Waals surface area contributed by atoms with Crippen LogP contribution < -0.4 is 5.32 Å². The van der Waals surface area contributed by atoms with Crippen LogP contribution >= 0.6 is 11.3 Å². The molecule has 0 aliphatic carbocycles. The molecule has 0 atom stereocenters. The Morgan fingerprint density at radius 3 is 3.00 bits per heavy atom. The topological polar surface area (TPSA) is 97.2 Å². The van der Waals surface area contributed by atoms with Crippen LogP contribution in [0.4, 0.5) is 5.13 Å². The first-order valence-corrected chi connectivity index (χ1v) is 7.39. The molecule has 1 amide bonds. The maximum absolute atomic E-state index is 12.2. The summed E-state index contributed by atoms with van der Waals surface area (Å²) < 4.78 is 9.91. The number of aromatic nitrogens is 2.